The second-order valence-corrected chi connectivity index (χ2v) is 4.19. The summed E-state index contributed by atoms with van der Waals surface area (Å²) in [6.07, 6.45) is 1.16. The molecule has 0 atom stereocenters. The summed E-state index contributed by atoms with van der Waals surface area (Å²) in [7, 11) is 2.04. The molecule has 0 saturated heterocycles. The van der Waals surface area contributed by atoms with Crippen LogP contribution in [0.15, 0.2) is 12.1 Å². The number of hydrogen-bond donors (Lipinski definition) is 1. The van der Waals surface area contributed by atoms with Gasteiger partial charge in [-0.2, -0.15) is 5.10 Å². The predicted octanol–water partition coefficient (Wildman–Crippen LogP) is 1.42. The molecule has 1 rings (SSSR count). The van der Waals surface area contributed by atoms with E-state index in [2.05, 4.69) is 28.9 Å². The van der Waals surface area contributed by atoms with Crippen LogP contribution in [0, 0.1) is 5.92 Å². The predicted molar refractivity (Wildman–Crippen MR) is 62.6 cm³/mol. The van der Waals surface area contributed by atoms with Crippen molar-refractivity contribution in [3.8, 4) is 0 Å². The van der Waals surface area contributed by atoms with Gasteiger partial charge in [0.2, 0.25) is 0 Å². The lowest BCUT2D eigenvalue weighted by molar-refractivity contribution is 0.582. The molecule has 0 aliphatic carbocycles. The van der Waals surface area contributed by atoms with E-state index < -0.39 is 0 Å². The lowest BCUT2D eigenvalue weighted by Gasteiger charge is -2.18. The summed E-state index contributed by atoms with van der Waals surface area (Å²) in [5.74, 6) is 1.62. The molecule has 15 heavy (non-hydrogen) atoms. The van der Waals surface area contributed by atoms with Gasteiger partial charge in [-0.3, -0.25) is 0 Å². The van der Waals surface area contributed by atoms with Crippen molar-refractivity contribution in [2.75, 3.05) is 18.5 Å². The van der Waals surface area contributed by atoms with E-state index in [-0.39, 0.29) is 0 Å². The van der Waals surface area contributed by atoms with Gasteiger partial charge in [0.1, 0.15) is 0 Å². The van der Waals surface area contributed by atoms with E-state index in [1.165, 1.54) is 0 Å². The van der Waals surface area contributed by atoms with Crippen LogP contribution in [0.1, 0.15) is 26.0 Å². The minimum Gasteiger partial charge on any atom is -0.358 e. The Morgan fingerprint density at radius 1 is 1.33 bits per heavy atom. The summed E-state index contributed by atoms with van der Waals surface area (Å²) in [4.78, 5) is 2.12. The van der Waals surface area contributed by atoms with Crippen LogP contribution in [-0.4, -0.2) is 23.8 Å². The maximum atomic E-state index is 5.46. The summed E-state index contributed by atoms with van der Waals surface area (Å²) in [5.41, 5.74) is 6.29. The van der Waals surface area contributed by atoms with Crippen molar-refractivity contribution in [1.82, 2.24) is 10.2 Å². The van der Waals surface area contributed by atoms with Crippen LogP contribution in [-0.2, 0) is 6.54 Å². The number of aromatic nitrogens is 2. The summed E-state index contributed by atoms with van der Waals surface area (Å²) in [6, 6.07) is 3.89. The average Bonchev–Trinajstić information content (AvgIpc) is 2.26. The second kappa shape index (κ2) is 5.66. The molecule has 0 radical (unpaired) electrons. The van der Waals surface area contributed by atoms with E-state index >= 15 is 0 Å². The van der Waals surface area contributed by atoms with E-state index in [0.717, 1.165) is 24.5 Å². The first-order valence-corrected chi connectivity index (χ1v) is 5.37. The Kier molecular flexibility index (Phi) is 4.49. The summed E-state index contributed by atoms with van der Waals surface area (Å²) in [6.45, 7) is 5.89. The molecule has 0 bridgehead atoms. The van der Waals surface area contributed by atoms with Gasteiger partial charge in [0.15, 0.2) is 5.82 Å². The number of anilines is 1. The number of rotatable bonds is 5. The van der Waals surface area contributed by atoms with Gasteiger partial charge >= 0.3 is 0 Å². The Morgan fingerprint density at radius 2 is 2.07 bits per heavy atom. The quantitative estimate of drug-likeness (QED) is 0.795. The number of nitrogens with zero attached hydrogens (tertiary/aromatic N) is 3. The van der Waals surface area contributed by atoms with Gasteiger partial charge in [-0.1, -0.05) is 13.8 Å². The van der Waals surface area contributed by atoms with Crippen molar-refractivity contribution in [2.45, 2.75) is 26.8 Å². The molecule has 0 aromatic carbocycles. The smallest absolute Gasteiger partial charge is 0.150 e. The van der Waals surface area contributed by atoms with Crippen LogP contribution < -0.4 is 10.6 Å². The Balaban J connectivity index is 2.54. The molecule has 0 aliphatic heterocycles. The van der Waals surface area contributed by atoms with E-state index in [1.54, 1.807) is 0 Å². The number of hydrogen-bond acceptors (Lipinski definition) is 4. The minimum absolute atomic E-state index is 0.447. The van der Waals surface area contributed by atoms with Gasteiger partial charge in [0, 0.05) is 20.1 Å². The molecule has 1 aromatic heterocycles. The highest BCUT2D eigenvalue weighted by Gasteiger charge is 2.04. The van der Waals surface area contributed by atoms with E-state index in [0.29, 0.717) is 12.5 Å². The maximum Gasteiger partial charge on any atom is 0.150 e. The molecule has 2 N–H and O–H groups in total. The van der Waals surface area contributed by atoms with Gasteiger partial charge in [0.05, 0.1) is 5.69 Å². The van der Waals surface area contributed by atoms with Crippen LogP contribution in [0.2, 0.25) is 0 Å². The fourth-order valence-corrected chi connectivity index (χ4v) is 1.23. The molecule has 0 amide bonds. The molecule has 0 fully saturated rings. The van der Waals surface area contributed by atoms with Crippen molar-refractivity contribution in [3.63, 3.8) is 0 Å². The van der Waals surface area contributed by atoms with Crippen LogP contribution in [0.3, 0.4) is 0 Å². The van der Waals surface area contributed by atoms with Crippen LogP contribution in [0.5, 0.6) is 0 Å². The lowest BCUT2D eigenvalue weighted by Crippen LogP contribution is -2.21. The third-order valence-corrected chi connectivity index (χ3v) is 2.35. The molecular weight excluding hydrogens is 188 g/mol. The minimum atomic E-state index is 0.447. The first kappa shape index (κ1) is 11.9. The van der Waals surface area contributed by atoms with Gasteiger partial charge in [-0.15, -0.1) is 5.10 Å². The fraction of sp³-hybridized carbons (Fsp3) is 0.636. The van der Waals surface area contributed by atoms with Gasteiger partial charge < -0.3 is 10.6 Å². The Hall–Kier alpha value is -1.16. The van der Waals surface area contributed by atoms with Crippen molar-refractivity contribution in [2.24, 2.45) is 11.7 Å². The van der Waals surface area contributed by atoms with Crippen LogP contribution in [0.4, 0.5) is 5.82 Å². The summed E-state index contributed by atoms with van der Waals surface area (Å²) < 4.78 is 0. The third-order valence-electron chi connectivity index (χ3n) is 2.35. The standard InChI is InChI=1S/C11H20N4/c1-9(2)6-7-15(3)11-5-4-10(8-12)13-14-11/h4-5,9H,6-8,12H2,1-3H3. The van der Waals surface area contributed by atoms with Crippen molar-refractivity contribution >= 4 is 5.82 Å². The van der Waals surface area contributed by atoms with E-state index in [9.17, 15) is 0 Å². The zero-order chi connectivity index (χ0) is 11.3. The van der Waals surface area contributed by atoms with Crippen molar-refractivity contribution in [3.05, 3.63) is 17.8 Å². The normalized spacial score (nSPS) is 10.7. The third kappa shape index (κ3) is 3.83. The molecule has 0 saturated carbocycles. The zero-order valence-electron chi connectivity index (χ0n) is 9.77. The molecule has 1 heterocycles. The average molecular weight is 208 g/mol. The van der Waals surface area contributed by atoms with E-state index in [4.69, 9.17) is 5.73 Å². The molecule has 0 spiro atoms. The van der Waals surface area contributed by atoms with Gasteiger partial charge in [-0.25, -0.2) is 0 Å². The largest absolute Gasteiger partial charge is 0.358 e. The zero-order valence-corrected chi connectivity index (χ0v) is 9.77. The Bertz CT molecular complexity index is 281. The highest BCUT2D eigenvalue weighted by molar-refractivity contribution is 5.35. The van der Waals surface area contributed by atoms with Crippen LogP contribution >= 0.6 is 0 Å². The first-order valence-electron chi connectivity index (χ1n) is 5.37. The van der Waals surface area contributed by atoms with Gasteiger partial charge in [0.25, 0.3) is 0 Å². The van der Waals surface area contributed by atoms with Crippen molar-refractivity contribution in [1.29, 1.82) is 0 Å². The summed E-state index contributed by atoms with van der Waals surface area (Å²) >= 11 is 0. The Labute approximate surface area is 91.5 Å². The molecule has 4 nitrogen and oxygen atoms in total. The lowest BCUT2D eigenvalue weighted by atomic mass is 10.1. The van der Waals surface area contributed by atoms with Gasteiger partial charge in [-0.05, 0) is 24.5 Å². The monoisotopic (exact) mass is 208 g/mol. The maximum absolute atomic E-state index is 5.46. The Morgan fingerprint density at radius 3 is 2.53 bits per heavy atom. The molecule has 0 aliphatic rings. The van der Waals surface area contributed by atoms with E-state index in [1.807, 2.05) is 19.2 Å². The molecule has 84 valence electrons. The highest BCUT2D eigenvalue weighted by atomic mass is 15.2. The molecular formula is C11H20N4. The second-order valence-electron chi connectivity index (χ2n) is 4.19. The molecule has 4 heteroatoms. The van der Waals surface area contributed by atoms with Crippen LogP contribution in [0.25, 0.3) is 0 Å². The summed E-state index contributed by atoms with van der Waals surface area (Å²) in [5, 5.41) is 8.15. The fourth-order valence-electron chi connectivity index (χ4n) is 1.23. The molecule has 0 unspecified atom stereocenters. The van der Waals surface area contributed by atoms with Crippen molar-refractivity contribution < 1.29 is 0 Å². The number of nitrogens with two attached hydrogens (primary N) is 1. The first-order chi connectivity index (χ1) is 7.13. The topological polar surface area (TPSA) is 55.0 Å². The molecule has 1 aromatic rings. The SMILES string of the molecule is CC(C)CCN(C)c1ccc(CN)nn1. The highest BCUT2D eigenvalue weighted by Crippen LogP contribution is 2.09.